The van der Waals surface area contributed by atoms with Gasteiger partial charge in [0.15, 0.2) is 17.2 Å². The molecule has 1 amide bonds. The maximum Gasteiger partial charge on any atom is 0.227 e. The van der Waals surface area contributed by atoms with Gasteiger partial charge in [-0.25, -0.2) is 0 Å². The molecule has 154 valence electrons. The van der Waals surface area contributed by atoms with Crippen LogP contribution in [0.2, 0.25) is 0 Å². The van der Waals surface area contributed by atoms with Gasteiger partial charge in [-0.05, 0) is 30.3 Å². The number of para-hydroxylation sites is 4. The summed E-state index contributed by atoms with van der Waals surface area (Å²) in [5.74, 6) is 2.79. The Kier molecular flexibility index (Phi) is 6.18. The van der Waals surface area contributed by atoms with Crippen LogP contribution in [0.1, 0.15) is 25.3 Å². The van der Waals surface area contributed by atoms with Crippen LogP contribution in [-0.2, 0) is 11.3 Å². The number of benzene rings is 3. The van der Waals surface area contributed by atoms with Gasteiger partial charge in [-0.2, -0.15) is 0 Å². The first kappa shape index (κ1) is 19.8. The van der Waals surface area contributed by atoms with Crippen molar-refractivity contribution in [3.05, 3.63) is 78.4 Å². The highest BCUT2D eigenvalue weighted by Gasteiger charge is 2.22. The lowest BCUT2D eigenvalue weighted by molar-refractivity contribution is -0.118. The van der Waals surface area contributed by atoms with E-state index in [0.29, 0.717) is 37.7 Å². The standard InChI is InChI=1S/C25H25NO4/c1-2-24(27)26(18-19-10-8-15-23-25(19)29-17-9-16-28-23)21-13-6-7-14-22(21)30-20-11-4-3-5-12-20/h3-8,10-15H,2,9,16-18H2,1H3. The summed E-state index contributed by atoms with van der Waals surface area (Å²) in [6.07, 6.45) is 1.21. The fourth-order valence-corrected chi connectivity index (χ4v) is 3.43. The van der Waals surface area contributed by atoms with Crippen molar-refractivity contribution < 1.29 is 19.0 Å². The van der Waals surface area contributed by atoms with Gasteiger partial charge >= 0.3 is 0 Å². The van der Waals surface area contributed by atoms with E-state index in [9.17, 15) is 4.79 Å². The maximum atomic E-state index is 13.0. The van der Waals surface area contributed by atoms with Crippen LogP contribution in [0.5, 0.6) is 23.0 Å². The molecule has 0 radical (unpaired) electrons. The number of amides is 1. The van der Waals surface area contributed by atoms with E-state index >= 15 is 0 Å². The number of nitrogens with zero attached hydrogens (tertiary/aromatic N) is 1. The third kappa shape index (κ3) is 4.40. The van der Waals surface area contributed by atoms with E-state index in [1.54, 1.807) is 4.90 Å². The zero-order valence-electron chi connectivity index (χ0n) is 17.0. The van der Waals surface area contributed by atoms with Gasteiger partial charge in [0, 0.05) is 18.4 Å². The van der Waals surface area contributed by atoms with Gasteiger partial charge in [0.1, 0.15) is 5.75 Å². The van der Waals surface area contributed by atoms with Crippen LogP contribution in [0.3, 0.4) is 0 Å². The Hall–Kier alpha value is -3.47. The molecule has 5 nitrogen and oxygen atoms in total. The molecule has 30 heavy (non-hydrogen) atoms. The molecule has 0 saturated carbocycles. The highest BCUT2D eigenvalue weighted by molar-refractivity contribution is 5.94. The summed E-state index contributed by atoms with van der Waals surface area (Å²) in [7, 11) is 0. The molecule has 1 aliphatic heterocycles. The lowest BCUT2D eigenvalue weighted by Crippen LogP contribution is -2.30. The number of hydrogen-bond donors (Lipinski definition) is 0. The van der Waals surface area contributed by atoms with E-state index in [1.807, 2.05) is 79.7 Å². The first-order valence-corrected chi connectivity index (χ1v) is 10.3. The molecule has 4 rings (SSSR count). The molecule has 1 heterocycles. The predicted octanol–water partition coefficient (Wildman–Crippen LogP) is 5.58. The summed E-state index contributed by atoms with van der Waals surface area (Å²) in [5, 5.41) is 0. The van der Waals surface area contributed by atoms with Gasteiger partial charge in [-0.1, -0.05) is 49.4 Å². The Balaban J connectivity index is 1.69. The summed E-state index contributed by atoms with van der Waals surface area (Å²) in [4.78, 5) is 14.7. The van der Waals surface area contributed by atoms with Crippen LogP contribution in [0.15, 0.2) is 72.8 Å². The molecular weight excluding hydrogens is 378 g/mol. The molecule has 0 N–H and O–H groups in total. The average molecular weight is 403 g/mol. The Morgan fingerprint density at radius 3 is 2.53 bits per heavy atom. The summed E-state index contributed by atoms with van der Waals surface area (Å²) in [6.45, 7) is 3.46. The van der Waals surface area contributed by atoms with E-state index in [4.69, 9.17) is 14.2 Å². The smallest absolute Gasteiger partial charge is 0.227 e. The Bertz CT molecular complexity index is 1000. The fourth-order valence-electron chi connectivity index (χ4n) is 3.43. The van der Waals surface area contributed by atoms with Crippen molar-refractivity contribution in [1.29, 1.82) is 0 Å². The molecule has 0 unspecified atom stereocenters. The van der Waals surface area contributed by atoms with E-state index in [2.05, 4.69) is 0 Å². The van der Waals surface area contributed by atoms with Gasteiger partial charge in [0.2, 0.25) is 5.91 Å². The zero-order valence-corrected chi connectivity index (χ0v) is 17.0. The van der Waals surface area contributed by atoms with Gasteiger partial charge in [-0.3, -0.25) is 4.79 Å². The summed E-state index contributed by atoms with van der Waals surface area (Å²) in [6, 6.07) is 23.0. The SMILES string of the molecule is CCC(=O)N(Cc1cccc2c1OCCCO2)c1ccccc1Oc1ccccc1. The van der Waals surface area contributed by atoms with Crippen molar-refractivity contribution in [2.75, 3.05) is 18.1 Å². The average Bonchev–Trinajstić information content (AvgIpc) is 3.04. The lowest BCUT2D eigenvalue weighted by atomic mass is 10.1. The van der Waals surface area contributed by atoms with Gasteiger partial charge < -0.3 is 19.1 Å². The summed E-state index contributed by atoms with van der Waals surface area (Å²) < 4.78 is 17.9. The van der Waals surface area contributed by atoms with Crippen molar-refractivity contribution in [3.8, 4) is 23.0 Å². The quantitative estimate of drug-likeness (QED) is 0.539. The van der Waals surface area contributed by atoms with Crippen molar-refractivity contribution in [2.45, 2.75) is 26.3 Å². The van der Waals surface area contributed by atoms with Crippen molar-refractivity contribution in [3.63, 3.8) is 0 Å². The van der Waals surface area contributed by atoms with Crippen LogP contribution in [0.25, 0.3) is 0 Å². The molecule has 0 atom stereocenters. The Morgan fingerprint density at radius 2 is 1.70 bits per heavy atom. The monoisotopic (exact) mass is 403 g/mol. The fraction of sp³-hybridized carbons (Fsp3) is 0.240. The molecule has 0 aromatic heterocycles. The largest absolute Gasteiger partial charge is 0.490 e. The minimum absolute atomic E-state index is 0.00579. The molecule has 0 fully saturated rings. The first-order valence-electron chi connectivity index (χ1n) is 10.3. The Morgan fingerprint density at radius 1 is 0.933 bits per heavy atom. The molecule has 3 aromatic rings. The highest BCUT2D eigenvalue weighted by atomic mass is 16.5. The van der Waals surface area contributed by atoms with Crippen molar-refractivity contribution in [2.24, 2.45) is 0 Å². The van der Waals surface area contributed by atoms with Crippen molar-refractivity contribution >= 4 is 11.6 Å². The second-order valence-electron chi connectivity index (χ2n) is 7.01. The molecule has 1 aliphatic rings. The summed E-state index contributed by atoms with van der Waals surface area (Å²) in [5.41, 5.74) is 1.63. The number of anilines is 1. The third-order valence-corrected chi connectivity index (χ3v) is 4.91. The molecular formula is C25H25NO4. The van der Waals surface area contributed by atoms with Crippen LogP contribution < -0.4 is 19.1 Å². The lowest BCUT2D eigenvalue weighted by Gasteiger charge is -2.26. The minimum atomic E-state index is 0.00579. The highest BCUT2D eigenvalue weighted by Crippen LogP contribution is 2.37. The number of carbonyl (C=O) groups is 1. The second kappa shape index (κ2) is 9.35. The normalized spacial score (nSPS) is 12.7. The van der Waals surface area contributed by atoms with E-state index in [-0.39, 0.29) is 5.91 Å². The topological polar surface area (TPSA) is 48.0 Å². The molecule has 5 heteroatoms. The number of ether oxygens (including phenoxy) is 3. The second-order valence-corrected chi connectivity index (χ2v) is 7.01. The van der Waals surface area contributed by atoms with Crippen LogP contribution in [-0.4, -0.2) is 19.1 Å². The third-order valence-electron chi connectivity index (χ3n) is 4.91. The number of fused-ring (bicyclic) bond motifs is 1. The molecule has 0 saturated heterocycles. The maximum absolute atomic E-state index is 13.0. The number of hydrogen-bond acceptors (Lipinski definition) is 4. The molecule has 3 aromatic carbocycles. The van der Waals surface area contributed by atoms with Crippen LogP contribution in [0, 0.1) is 0 Å². The predicted molar refractivity (Wildman–Crippen MR) is 116 cm³/mol. The summed E-state index contributed by atoms with van der Waals surface area (Å²) >= 11 is 0. The molecule has 0 spiro atoms. The zero-order chi connectivity index (χ0) is 20.8. The van der Waals surface area contributed by atoms with E-state index in [0.717, 1.165) is 29.2 Å². The number of rotatable bonds is 6. The molecule has 0 bridgehead atoms. The van der Waals surface area contributed by atoms with Gasteiger partial charge in [-0.15, -0.1) is 0 Å². The van der Waals surface area contributed by atoms with Gasteiger partial charge in [0.05, 0.1) is 25.4 Å². The first-order chi connectivity index (χ1) is 14.8. The van der Waals surface area contributed by atoms with E-state index < -0.39 is 0 Å². The van der Waals surface area contributed by atoms with Crippen LogP contribution >= 0.6 is 0 Å². The van der Waals surface area contributed by atoms with Crippen LogP contribution in [0.4, 0.5) is 5.69 Å². The molecule has 0 aliphatic carbocycles. The van der Waals surface area contributed by atoms with Gasteiger partial charge in [0.25, 0.3) is 0 Å². The van der Waals surface area contributed by atoms with E-state index in [1.165, 1.54) is 0 Å². The van der Waals surface area contributed by atoms with Crippen molar-refractivity contribution in [1.82, 2.24) is 0 Å². The Labute approximate surface area is 176 Å². The number of carbonyl (C=O) groups excluding carboxylic acids is 1. The minimum Gasteiger partial charge on any atom is -0.490 e.